The molecule has 0 fully saturated rings. The van der Waals surface area contributed by atoms with E-state index < -0.39 is 23.1 Å². The van der Waals surface area contributed by atoms with Crippen molar-refractivity contribution in [1.82, 2.24) is 4.98 Å². The van der Waals surface area contributed by atoms with Gasteiger partial charge in [0.05, 0.1) is 25.1 Å². The number of pyridine rings is 1. The van der Waals surface area contributed by atoms with E-state index in [1.165, 1.54) is 13.2 Å². The molecule has 1 N–H and O–H groups in total. The first-order chi connectivity index (χ1) is 14.0. The molecule has 0 unspecified atom stereocenters. The summed E-state index contributed by atoms with van der Waals surface area (Å²) in [7, 11) is 1.28. The largest absolute Gasteiger partial charge is 0.502 e. The molecule has 0 bridgehead atoms. The van der Waals surface area contributed by atoms with Gasteiger partial charge in [0.2, 0.25) is 11.2 Å². The Morgan fingerprint density at radius 3 is 2.62 bits per heavy atom. The molecule has 0 aliphatic rings. The minimum Gasteiger partial charge on any atom is -0.502 e. The van der Waals surface area contributed by atoms with Crippen LogP contribution in [0.2, 0.25) is 0 Å². The number of ether oxygens (including phenoxy) is 2. The van der Waals surface area contributed by atoms with Gasteiger partial charge in [-0.05, 0) is 36.8 Å². The molecule has 3 rings (SSSR count). The number of esters is 1. The monoisotopic (exact) mass is 395 g/mol. The second kappa shape index (κ2) is 9.05. The summed E-state index contributed by atoms with van der Waals surface area (Å²) < 4.78 is 16.1. The Morgan fingerprint density at radius 2 is 1.97 bits per heavy atom. The van der Waals surface area contributed by atoms with Crippen molar-refractivity contribution in [3.8, 4) is 11.5 Å². The van der Waals surface area contributed by atoms with Crippen LogP contribution >= 0.6 is 0 Å². The zero-order valence-corrected chi connectivity index (χ0v) is 16.1. The predicted molar refractivity (Wildman–Crippen MR) is 105 cm³/mol. The van der Waals surface area contributed by atoms with E-state index in [0.29, 0.717) is 23.7 Å². The SMILES string of the molecule is COC(=O)C[C@@H](c1ccc(OCc2ccccn2)cc1)c1oc(C)cc(=O)c1O. The second-order valence-electron chi connectivity index (χ2n) is 6.45. The number of rotatable bonds is 7. The number of aromatic hydroxyl groups is 1. The fraction of sp³-hybridized carbons (Fsp3) is 0.227. The molecule has 0 saturated carbocycles. The summed E-state index contributed by atoms with van der Waals surface area (Å²) in [5, 5.41) is 10.2. The van der Waals surface area contributed by atoms with E-state index in [1.807, 2.05) is 18.2 Å². The normalized spacial score (nSPS) is 11.7. The Labute approximate surface area is 167 Å². The summed E-state index contributed by atoms with van der Waals surface area (Å²) in [6, 6.07) is 13.8. The van der Waals surface area contributed by atoms with Gasteiger partial charge in [-0.3, -0.25) is 14.6 Å². The zero-order chi connectivity index (χ0) is 20.8. The summed E-state index contributed by atoms with van der Waals surface area (Å²) in [6.07, 6.45) is 1.60. The van der Waals surface area contributed by atoms with Gasteiger partial charge in [0.15, 0.2) is 5.76 Å². The van der Waals surface area contributed by atoms with Crippen molar-refractivity contribution >= 4 is 5.97 Å². The molecule has 2 aromatic heterocycles. The van der Waals surface area contributed by atoms with Crippen LogP contribution in [0.25, 0.3) is 0 Å². The lowest BCUT2D eigenvalue weighted by molar-refractivity contribution is -0.140. The van der Waals surface area contributed by atoms with Gasteiger partial charge >= 0.3 is 5.97 Å². The first kappa shape index (κ1) is 20.1. The number of aryl methyl sites for hydroxylation is 1. The van der Waals surface area contributed by atoms with E-state index in [-0.39, 0.29) is 12.2 Å². The molecule has 0 radical (unpaired) electrons. The Kier molecular flexibility index (Phi) is 6.29. The van der Waals surface area contributed by atoms with Crippen LogP contribution in [0.4, 0.5) is 0 Å². The average molecular weight is 395 g/mol. The molecule has 0 amide bonds. The maximum Gasteiger partial charge on any atom is 0.306 e. The van der Waals surface area contributed by atoms with E-state index in [1.54, 1.807) is 37.4 Å². The minimum absolute atomic E-state index is 0.0301. The van der Waals surface area contributed by atoms with Crippen molar-refractivity contribution in [2.75, 3.05) is 7.11 Å². The molecular weight excluding hydrogens is 374 g/mol. The van der Waals surface area contributed by atoms with Gasteiger partial charge < -0.3 is 19.0 Å². The third kappa shape index (κ3) is 5.01. The van der Waals surface area contributed by atoms with Gasteiger partial charge in [0, 0.05) is 12.3 Å². The molecule has 0 saturated heterocycles. The highest BCUT2D eigenvalue weighted by Gasteiger charge is 2.26. The predicted octanol–water partition coefficient (Wildman–Crippen LogP) is 3.32. The lowest BCUT2D eigenvalue weighted by Crippen LogP contribution is -2.13. The first-order valence-corrected chi connectivity index (χ1v) is 9.01. The van der Waals surface area contributed by atoms with Gasteiger partial charge in [-0.1, -0.05) is 18.2 Å². The van der Waals surface area contributed by atoms with Crippen molar-refractivity contribution in [2.45, 2.75) is 25.9 Å². The molecule has 29 heavy (non-hydrogen) atoms. The highest BCUT2D eigenvalue weighted by atomic mass is 16.5. The number of aromatic nitrogens is 1. The van der Waals surface area contributed by atoms with E-state index in [2.05, 4.69) is 4.98 Å². The molecule has 3 aromatic rings. The number of hydrogen-bond donors (Lipinski definition) is 1. The summed E-state index contributed by atoms with van der Waals surface area (Å²) >= 11 is 0. The van der Waals surface area contributed by atoms with Crippen LogP contribution in [0.15, 0.2) is 63.9 Å². The van der Waals surface area contributed by atoms with Crippen molar-refractivity contribution in [1.29, 1.82) is 0 Å². The number of carbonyl (C=O) groups excluding carboxylic acids is 1. The number of carbonyl (C=O) groups is 1. The van der Waals surface area contributed by atoms with E-state index in [0.717, 1.165) is 5.69 Å². The van der Waals surface area contributed by atoms with Crippen LogP contribution in [0, 0.1) is 6.92 Å². The topological polar surface area (TPSA) is 98.9 Å². The summed E-state index contributed by atoms with van der Waals surface area (Å²) in [5.41, 5.74) is 0.908. The fourth-order valence-electron chi connectivity index (χ4n) is 2.91. The molecule has 1 aromatic carbocycles. The Hall–Kier alpha value is -3.61. The number of hydrogen-bond acceptors (Lipinski definition) is 7. The minimum atomic E-state index is -0.681. The Bertz CT molecular complexity index is 1030. The van der Waals surface area contributed by atoms with E-state index in [4.69, 9.17) is 13.9 Å². The zero-order valence-electron chi connectivity index (χ0n) is 16.1. The molecule has 0 aliphatic heterocycles. The Morgan fingerprint density at radius 1 is 1.21 bits per heavy atom. The molecule has 1 atom stereocenters. The van der Waals surface area contributed by atoms with Crippen LogP contribution in [0.3, 0.4) is 0 Å². The molecule has 0 spiro atoms. The van der Waals surface area contributed by atoms with Crippen molar-refractivity contribution < 1.29 is 23.8 Å². The molecule has 2 heterocycles. The maximum absolute atomic E-state index is 12.0. The van der Waals surface area contributed by atoms with Crippen LogP contribution in [-0.2, 0) is 16.1 Å². The van der Waals surface area contributed by atoms with Gasteiger partial charge in [0.25, 0.3) is 0 Å². The first-order valence-electron chi connectivity index (χ1n) is 9.01. The molecule has 150 valence electrons. The van der Waals surface area contributed by atoms with Gasteiger partial charge in [-0.2, -0.15) is 0 Å². The number of benzene rings is 1. The van der Waals surface area contributed by atoms with Crippen LogP contribution in [0.5, 0.6) is 11.5 Å². The average Bonchev–Trinajstić information content (AvgIpc) is 2.74. The molecule has 0 aliphatic carbocycles. The quantitative estimate of drug-likeness (QED) is 0.613. The van der Waals surface area contributed by atoms with Crippen molar-refractivity contribution in [3.05, 3.63) is 87.7 Å². The Balaban J connectivity index is 1.86. The molecular formula is C22H21NO6. The third-order valence-electron chi connectivity index (χ3n) is 4.38. The second-order valence-corrected chi connectivity index (χ2v) is 6.45. The maximum atomic E-state index is 12.0. The molecule has 7 nitrogen and oxygen atoms in total. The van der Waals surface area contributed by atoms with Gasteiger partial charge in [-0.25, -0.2) is 0 Å². The van der Waals surface area contributed by atoms with E-state index >= 15 is 0 Å². The highest BCUT2D eigenvalue weighted by molar-refractivity contribution is 5.71. The van der Waals surface area contributed by atoms with Crippen molar-refractivity contribution in [2.24, 2.45) is 0 Å². The standard InChI is InChI=1S/C22H21NO6/c1-14-11-19(24)21(26)22(29-14)18(12-20(25)27-2)15-6-8-17(9-7-15)28-13-16-5-3-4-10-23-16/h3-11,18,26H,12-13H2,1-2H3/t18-/m0/s1. The summed E-state index contributed by atoms with van der Waals surface area (Å²) in [4.78, 5) is 28.1. The summed E-state index contributed by atoms with van der Waals surface area (Å²) in [5.74, 6) is -0.699. The van der Waals surface area contributed by atoms with Crippen LogP contribution < -0.4 is 10.2 Å². The number of nitrogens with zero attached hydrogens (tertiary/aromatic N) is 1. The number of methoxy groups -OCH3 is 1. The van der Waals surface area contributed by atoms with Crippen LogP contribution in [0.1, 0.15) is 35.1 Å². The molecule has 7 heteroatoms. The van der Waals surface area contributed by atoms with Gasteiger partial charge in [0.1, 0.15) is 18.1 Å². The van der Waals surface area contributed by atoms with Crippen LogP contribution in [-0.4, -0.2) is 23.2 Å². The lowest BCUT2D eigenvalue weighted by atomic mass is 9.92. The van der Waals surface area contributed by atoms with Crippen molar-refractivity contribution in [3.63, 3.8) is 0 Å². The highest BCUT2D eigenvalue weighted by Crippen LogP contribution is 2.34. The lowest BCUT2D eigenvalue weighted by Gasteiger charge is -2.17. The summed E-state index contributed by atoms with van der Waals surface area (Å²) in [6.45, 7) is 1.92. The fourth-order valence-corrected chi connectivity index (χ4v) is 2.91. The van der Waals surface area contributed by atoms with Gasteiger partial charge in [-0.15, -0.1) is 0 Å². The third-order valence-corrected chi connectivity index (χ3v) is 4.38. The van der Waals surface area contributed by atoms with E-state index in [9.17, 15) is 14.7 Å². The smallest absolute Gasteiger partial charge is 0.306 e.